The molecule has 0 amide bonds. The highest BCUT2D eigenvalue weighted by Crippen LogP contribution is 2.29. The predicted molar refractivity (Wildman–Crippen MR) is 86.3 cm³/mol. The molecule has 0 radical (unpaired) electrons. The second-order valence-corrected chi connectivity index (χ2v) is 6.29. The Morgan fingerprint density at radius 3 is 2.50 bits per heavy atom. The smallest absolute Gasteiger partial charge is 0.0375 e. The molecule has 0 saturated heterocycles. The van der Waals surface area contributed by atoms with Gasteiger partial charge in [0.05, 0.1) is 0 Å². The van der Waals surface area contributed by atoms with Crippen LogP contribution in [0.3, 0.4) is 0 Å². The molecule has 1 aliphatic heterocycles. The average molecular weight is 265 g/mol. The molecule has 0 spiro atoms. The van der Waals surface area contributed by atoms with Crippen LogP contribution in [0.2, 0.25) is 0 Å². The van der Waals surface area contributed by atoms with Crippen molar-refractivity contribution in [1.82, 2.24) is 0 Å². The van der Waals surface area contributed by atoms with Crippen LogP contribution in [0.4, 0.5) is 5.69 Å². The van der Waals surface area contributed by atoms with Crippen molar-refractivity contribution in [2.75, 3.05) is 5.32 Å². The third kappa shape index (κ3) is 2.72. The third-order valence-corrected chi connectivity index (χ3v) is 4.32. The van der Waals surface area contributed by atoms with Gasteiger partial charge in [0.15, 0.2) is 0 Å². The molecular weight excluding hydrogens is 242 g/mol. The van der Waals surface area contributed by atoms with Gasteiger partial charge in [-0.15, -0.1) is 0 Å². The first-order valence-corrected chi connectivity index (χ1v) is 7.53. The number of aryl methyl sites for hydroxylation is 2. The Balaban J connectivity index is 1.81. The first kappa shape index (κ1) is 13.2. The zero-order chi connectivity index (χ0) is 14.1. The molecule has 0 bridgehead atoms. The minimum atomic E-state index is 0.533. The van der Waals surface area contributed by atoms with Crippen molar-refractivity contribution < 1.29 is 0 Å². The van der Waals surface area contributed by atoms with Gasteiger partial charge in [-0.25, -0.2) is 0 Å². The SMILES string of the molecule is Cc1cc(C)cc(CC2Nc3ccccc3CC2C)c1. The quantitative estimate of drug-likeness (QED) is 0.842. The summed E-state index contributed by atoms with van der Waals surface area (Å²) >= 11 is 0. The van der Waals surface area contributed by atoms with Gasteiger partial charge in [-0.3, -0.25) is 0 Å². The summed E-state index contributed by atoms with van der Waals surface area (Å²) in [7, 11) is 0. The molecule has 1 heterocycles. The predicted octanol–water partition coefficient (Wildman–Crippen LogP) is 4.52. The van der Waals surface area contributed by atoms with Gasteiger partial charge in [0.1, 0.15) is 0 Å². The Bertz CT molecular complexity index is 595. The molecule has 1 aliphatic rings. The van der Waals surface area contributed by atoms with Crippen LogP contribution in [0.15, 0.2) is 42.5 Å². The number of hydrogen-bond donors (Lipinski definition) is 1. The summed E-state index contributed by atoms with van der Waals surface area (Å²) in [5, 5.41) is 3.73. The Morgan fingerprint density at radius 2 is 1.75 bits per heavy atom. The Labute approximate surface area is 122 Å². The Morgan fingerprint density at radius 1 is 1.05 bits per heavy atom. The fourth-order valence-electron chi connectivity index (χ4n) is 3.36. The maximum atomic E-state index is 3.73. The van der Waals surface area contributed by atoms with E-state index in [-0.39, 0.29) is 0 Å². The van der Waals surface area contributed by atoms with Gasteiger partial charge in [-0.05, 0) is 49.8 Å². The monoisotopic (exact) mass is 265 g/mol. The molecule has 2 atom stereocenters. The van der Waals surface area contributed by atoms with Gasteiger partial charge in [-0.1, -0.05) is 54.4 Å². The zero-order valence-electron chi connectivity index (χ0n) is 12.6. The van der Waals surface area contributed by atoms with E-state index in [1.54, 1.807) is 0 Å². The standard InChI is InChI=1S/C19H23N/c1-13-8-14(2)10-16(9-13)12-19-15(3)11-17-6-4-5-7-18(17)20-19/h4-10,15,19-20H,11-12H2,1-3H3. The maximum Gasteiger partial charge on any atom is 0.0375 e. The van der Waals surface area contributed by atoms with E-state index in [0.29, 0.717) is 12.0 Å². The average Bonchev–Trinajstić information content (AvgIpc) is 2.38. The van der Waals surface area contributed by atoms with Crippen LogP contribution in [0.1, 0.15) is 29.2 Å². The summed E-state index contributed by atoms with van der Waals surface area (Å²) < 4.78 is 0. The molecule has 0 saturated carbocycles. The number of para-hydroxylation sites is 1. The van der Waals surface area contributed by atoms with Gasteiger partial charge in [-0.2, -0.15) is 0 Å². The van der Waals surface area contributed by atoms with Crippen molar-refractivity contribution in [1.29, 1.82) is 0 Å². The molecule has 1 N–H and O–H groups in total. The van der Waals surface area contributed by atoms with E-state index in [9.17, 15) is 0 Å². The molecule has 2 aromatic carbocycles. The van der Waals surface area contributed by atoms with Crippen molar-refractivity contribution in [2.45, 2.75) is 39.7 Å². The number of nitrogens with one attached hydrogen (secondary N) is 1. The lowest BCUT2D eigenvalue weighted by atomic mass is 9.85. The lowest BCUT2D eigenvalue weighted by Gasteiger charge is -2.33. The summed E-state index contributed by atoms with van der Waals surface area (Å²) in [6.07, 6.45) is 2.29. The van der Waals surface area contributed by atoms with Crippen molar-refractivity contribution in [2.24, 2.45) is 5.92 Å². The minimum Gasteiger partial charge on any atom is -0.381 e. The minimum absolute atomic E-state index is 0.533. The molecule has 2 unspecified atom stereocenters. The molecule has 0 aromatic heterocycles. The number of benzene rings is 2. The number of rotatable bonds is 2. The van der Waals surface area contributed by atoms with E-state index in [0.717, 1.165) is 6.42 Å². The highest BCUT2D eigenvalue weighted by molar-refractivity contribution is 5.54. The van der Waals surface area contributed by atoms with Crippen LogP contribution >= 0.6 is 0 Å². The molecule has 0 fully saturated rings. The van der Waals surface area contributed by atoms with Crippen LogP contribution in [-0.2, 0) is 12.8 Å². The fraction of sp³-hybridized carbons (Fsp3) is 0.368. The van der Waals surface area contributed by atoms with Crippen molar-refractivity contribution in [3.05, 3.63) is 64.7 Å². The molecule has 2 aromatic rings. The summed E-state index contributed by atoms with van der Waals surface area (Å²) in [4.78, 5) is 0. The summed E-state index contributed by atoms with van der Waals surface area (Å²) in [5.74, 6) is 0.672. The Hall–Kier alpha value is -1.76. The first-order chi connectivity index (χ1) is 9.61. The highest BCUT2D eigenvalue weighted by atomic mass is 14.9. The lowest BCUT2D eigenvalue weighted by molar-refractivity contribution is 0.461. The zero-order valence-corrected chi connectivity index (χ0v) is 12.6. The highest BCUT2D eigenvalue weighted by Gasteiger charge is 2.24. The number of fused-ring (bicyclic) bond motifs is 1. The van der Waals surface area contributed by atoms with Crippen LogP contribution in [0.5, 0.6) is 0 Å². The summed E-state index contributed by atoms with van der Waals surface area (Å²) in [5.41, 5.74) is 6.95. The number of hydrogen-bond acceptors (Lipinski definition) is 1. The van der Waals surface area contributed by atoms with E-state index >= 15 is 0 Å². The van der Waals surface area contributed by atoms with E-state index in [4.69, 9.17) is 0 Å². The van der Waals surface area contributed by atoms with Gasteiger partial charge in [0, 0.05) is 11.7 Å². The van der Waals surface area contributed by atoms with Gasteiger partial charge in [0.2, 0.25) is 0 Å². The van der Waals surface area contributed by atoms with Crippen molar-refractivity contribution in [3.8, 4) is 0 Å². The summed E-state index contributed by atoms with van der Waals surface area (Å²) in [6, 6.07) is 16.1. The van der Waals surface area contributed by atoms with E-state index in [1.807, 2.05) is 0 Å². The number of anilines is 1. The van der Waals surface area contributed by atoms with Gasteiger partial charge in [0.25, 0.3) is 0 Å². The molecular formula is C19H23N. The van der Waals surface area contributed by atoms with Crippen LogP contribution < -0.4 is 5.32 Å². The summed E-state index contributed by atoms with van der Waals surface area (Å²) in [6.45, 7) is 6.73. The van der Waals surface area contributed by atoms with E-state index in [1.165, 1.54) is 34.4 Å². The first-order valence-electron chi connectivity index (χ1n) is 7.53. The third-order valence-electron chi connectivity index (χ3n) is 4.32. The second-order valence-electron chi connectivity index (χ2n) is 6.29. The maximum absolute atomic E-state index is 3.73. The Kier molecular flexibility index (Phi) is 3.52. The van der Waals surface area contributed by atoms with Gasteiger partial charge >= 0.3 is 0 Å². The molecule has 20 heavy (non-hydrogen) atoms. The molecule has 3 rings (SSSR count). The largest absolute Gasteiger partial charge is 0.381 e. The van der Waals surface area contributed by atoms with Crippen LogP contribution in [0.25, 0.3) is 0 Å². The normalized spacial score (nSPS) is 21.1. The lowest BCUT2D eigenvalue weighted by Crippen LogP contribution is -2.35. The van der Waals surface area contributed by atoms with Crippen LogP contribution in [0, 0.1) is 19.8 Å². The van der Waals surface area contributed by atoms with Crippen LogP contribution in [-0.4, -0.2) is 6.04 Å². The van der Waals surface area contributed by atoms with Gasteiger partial charge < -0.3 is 5.32 Å². The van der Waals surface area contributed by atoms with E-state index in [2.05, 4.69) is 68.6 Å². The molecule has 1 heteroatoms. The second kappa shape index (κ2) is 5.32. The fourth-order valence-corrected chi connectivity index (χ4v) is 3.36. The van der Waals surface area contributed by atoms with Crippen molar-refractivity contribution >= 4 is 5.69 Å². The molecule has 0 aliphatic carbocycles. The van der Waals surface area contributed by atoms with Crippen molar-refractivity contribution in [3.63, 3.8) is 0 Å². The topological polar surface area (TPSA) is 12.0 Å². The van der Waals surface area contributed by atoms with E-state index < -0.39 is 0 Å². The molecule has 104 valence electrons. The molecule has 1 nitrogen and oxygen atoms in total.